The van der Waals surface area contributed by atoms with Gasteiger partial charge in [0.05, 0.1) is 37.2 Å². The Bertz CT molecular complexity index is 764. The van der Waals surface area contributed by atoms with E-state index in [0.717, 1.165) is 21.9 Å². The Kier molecular flexibility index (Phi) is 5.86. The summed E-state index contributed by atoms with van der Waals surface area (Å²) in [5.41, 5.74) is 1.87. The highest BCUT2D eigenvalue weighted by Crippen LogP contribution is 2.45. The van der Waals surface area contributed by atoms with Gasteiger partial charge in [0.15, 0.2) is 0 Å². The quantitative estimate of drug-likeness (QED) is 0.894. The van der Waals surface area contributed by atoms with Crippen molar-refractivity contribution in [1.82, 2.24) is 4.90 Å². The molecule has 0 saturated heterocycles. The Morgan fingerprint density at radius 3 is 2.58 bits per heavy atom. The van der Waals surface area contributed by atoms with Crippen LogP contribution in [-0.4, -0.2) is 56.3 Å². The molecule has 0 aliphatic carbocycles. The fourth-order valence-corrected chi connectivity index (χ4v) is 4.32. The molecule has 1 heterocycles. The predicted octanol–water partition coefficient (Wildman–Crippen LogP) is 2.80. The van der Waals surface area contributed by atoms with Crippen molar-refractivity contribution in [3.63, 3.8) is 0 Å². The molecule has 5 nitrogen and oxygen atoms in total. The van der Waals surface area contributed by atoms with Gasteiger partial charge in [-0.3, -0.25) is 4.79 Å². The molecule has 1 amide bonds. The smallest absolute Gasteiger partial charge is 0.241 e. The lowest BCUT2D eigenvalue weighted by Crippen LogP contribution is -2.42. The van der Waals surface area contributed by atoms with Crippen molar-refractivity contribution in [2.45, 2.75) is 16.2 Å². The van der Waals surface area contributed by atoms with E-state index in [2.05, 4.69) is 0 Å². The van der Waals surface area contributed by atoms with Crippen molar-refractivity contribution in [3.8, 4) is 5.75 Å². The lowest BCUT2D eigenvalue weighted by Gasteiger charge is -2.26. The number of hydrogen-bond acceptors (Lipinski definition) is 5. The summed E-state index contributed by atoms with van der Waals surface area (Å²) in [7, 11) is 5.37. The fraction of sp³-hybridized carbons (Fsp3) is 0.350. The largest absolute Gasteiger partial charge is 0.497 e. The number of nitrogens with zero attached hydrogens (tertiary/aromatic N) is 2. The second-order valence-electron chi connectivity index (χ2n) is 6.59. The molecule has 0 bridgehead atoms. The number of fused-ring (bicyclic) bond motifs is 1. The van der Waals surface area contributed by atoms with Crippen LogP contribution in [-0.2, 0) is 4.79 Å². The maximum absolute atomic E-state index is 12.7. The van der Waals surface area contributed by atoms with Gasteiger partial charge in [0.2, 0.25) is 5.91 Å². The van der Waals surface area contributed by atoms with Crippen molar-refractivity contribution in [1.29, 1.82) is 0 Å². The highest BCUT2D eigenvalue weighted by molar-refractivity contribution is 7.99. The van der Waals surface area contributed by atoms with Crippen molar-refractivity contribution in [2.24, 2.45) is 0 Å². The predicted molar refractivity (Wildman–Crippen MR) is 105 cm³/mol. The number of likely N-dealkylation sites (N-methyl/N-ethyl adjacent to an activating group) is 1. The van der Waals surface area contributed by atoms with Gasteiger partial charge in [0.25, 0.3) is 0 Å². The lowest BCUT2D eigenvalue weighted by atomic mass is 10.1. The molecular formula is C20H24N2O3S. The number of para-hydroxylation sites is 1. The van der Waals surface area contributed by atoms with Crippen LogP contribution in [0, 0.1) is 0 Å². The topological polar surface area (TPSA) is 53.0 Å². The van der Waals surface area contributed by atoms with Gasteiger partial charge in [-0.15, -0.1) is 11.8 Å². The Morgan fingerprint density at radius 2 is 1.92 bits per heavy atom. The molecule has 3 rings (SSSR count). The summed E-state index contributed by atoms with van der Waals surface area (Å²) in [4.78, 5) is 17.3. The zero-order valence-electron chi connectivity index (χ0n) is 15.3. The standard InChI is InChI=1S/C20H24N2O3S/c1-21(2)13-19(24)22-12-17(23)20(14-8-10-15(25-3)11-9-14)26-18-7-5-4-6-16(18)22/h4-11,17,20,23H,12-13H2,1-3H3/t17-,20-/m0/s1. The van der Waals surface area contributed by atoms with Gasteiger partial charge < -0.3 is 19.6 Å². The number of aliphatic hydroxyl groups is 1. The van der Waals surface area contributed by atoms with Crippen molar-refractivity contribution in [2.75, 3.05) is 39.2 Å². The summed E-state index contributed by atoms with van der Waals surface area (Å²) in [5, 5.41) is 10.7. The third-order valence-corrected chi connectivity index (χ3v) is 5.77. The molecular weight excluding hydrogens is 348 g/mol. The maximum atomic E-state index is 12.7. The van der Waals surface area contributed by atoms with Crippen molar-refractivity contribution < 1.29 is 14.6 Å². The summed E-state index contributed by atoms with van der Waals surface area (Å²) in [6.45, 7) is 0.576. The Morgan fingerprint density at radius 1 is 1.23 bits per heavy atom. The summed E-state index contributed by atoms with van der Waals surface area (Å²) in [6, 6.07) is 15.6. The Hall–Kier alpha value is -2.02. The van der Waals surface area contributed by atoms with Gasteiger partial charge in [0, 0.05) is 4.90 Å². The van der Waals surface area contributed by atoms with Crippen LogP contribution in [0.15, 0.2) is 53.4 Å². The number of aliphatic hydroxyl groups excluding tert-OH is 1. The average molecular weight is 372 g/mol. The van der Waals surface area contributed by atoms with E-state index in [0.29, 0.717) is 6.54 Å². The third kappa shape index (κ3) is 4.03. The van der Waals surface area contributed by atoms with E-state index < -0.39 is 6.10 Å². The van der Waals surface area contributed by atoms with Gasteiger partial charge in [-0.05, 0) is 43.9 Å². The first-order valence-corrected chi connectivity index (χ1v) is 9.40. The van der Waals surface area contributed by atoms with Gasteiger partial charge in [0.1, 0.15) is 5.75 Å². The number of carbonyl (C=O) groups excluding carboxylic acids is 1. The van der Waals surface area contributed by atoms with Crippen molar-refractivity contribution >= 4 is 23.4 Å². The summed E-state index contributed by atoms with van der Waals surface area (Å²) < 4.78 is 5.22. The zero-order chi connectivity index (χ0) is 18.7. The number of hydrogen-bond donors (Lipinski definition) is 1. The first kappa shape index (κ1) is 18.8. The highest BCUT2D eigenvalue weighted by Gasteiger charge is 2.32. The zero-order valence-corrected chi connectivity index (χ0v) is 16.1. The van der Waals surface area contributed by atoms with Crippen LogP contribution < -0.4 is 9.64 Å². The van der Waals surface area contributed by atoms with Crippen LogP contribution in [0.5, 0.6) is 5.75 Å². The molecule has 0 fully saturated rings. The minimum Gasteiger partial charge on any atom is -0.497 e. The van der Waals surface area contributed by atoms with E-state index >= 15 is 0 Å². The Labute approximate surface area is 158 Å². The molecule has 26 heavy (non-hydrogen) atoms. The Balaban J connectivity index is 1.94. The number of ether oxygens (including phenoxy) is 1. The number of thioether (sulfide) groups is 1. The van der Waals surface area contributed by atoms with E-state index in [-0.39, 0.29) is 17.7 Å². The van der Waals surface area contributed by atoms with E-state index in [4.69, 9.17) is 4.74 Å². The molecule has 1 N–H and O–H groups in total. The molecule has 1 aliphatic rings. The van der Waals surface area contributed by atoms with Gasteiger partial charge in [-0.2, -0.15) is 0 Å². The second kappa shape index (κ2) is 8.12. The normalized spacial score (nSPS) is 19.8. The number of carbonyl (C=O) groups is 1. The number of amides is 1. The highest BCUT2D eigenvalue weighted by atomic mass is 32.2. The fourth-order valence-electron chi connectivity index (χ4n) is 3.05. The molecule has 2 aromatic rings. The third-order valence-electron chi connectivity index (χ3n) is 4.33. The van der Waals surface area contributed by atoms with E-state index in [1.165, 1.54) is 0 Å². The van der Waals surface area contributed by atoms with Crippen molar-refractivity contribution in [3.05, 3.63) is 54.1 Å². The first-order chi connectivity index (χ1) is 12.5. The number of β-amino-alcohol motifs (C(OH)–C–C–N with tert-alkyl or cyclic N) is 1. The van der Waals surface area contributed by atoms with Crippen LogP contribution in [0.4, 0.5) is 5.69 Å². The van der Waals surface area contributed by atoms with Crippen LogP contribution in [0.2, 0.25) is 0 Å². The van der Waals surface area contributed by atoms with E-state index in [1.54, 1.807) is 23.8 Å². The minimum absolute atomic E-state index is 0.0162. The number of methoxy groups -OCH3 is 1. The van der Waals surface area contributed by atoms with Crippen LogP contribution in [0.25, 0.3) is 0 Å². The summed E-state index contributed by atoms with van der Waals surface area (Å²) in [6.07, 6.45) is -0.674. The van der Waals surface area contributed by atoms with Gasteiger partial charge >= 0.3 is 0 Å². The molecule has 0 unspecified atom stereocenters. The molecule has 0 spiro atoms. The van der Waals surface area contributed by atoms with Gasteiger partial charge in [-0.1, -0.05) is 24.3 Å². The first-order valence-electron chi connectivity index (χ1n) is 8.52. The van der Waals surface area contributed by atoms with Crippen LogP contribution in [0.3, 0.4) is 0 Å². The molecule has 6 heteroatoms. The second-order valence-corrected chi connectivity index (χ2v) is 7.77. The molecule has 0 radical (unpaired) electrons. The molecule has 2 aromatic carbocycles. The number of anilines is 1. The molecule has 1 aliphatic heterocycles. The molecule has 0 aromatic heterocycles. The number of benzene rings is 2. The van der Waals surface area contributed by atoms with Crippen LogP contribution >= 0.6 is 11.8 Å². The van der Waals surface area contributed by atoms with E-state index in [9.17, 15) is 9.90 Å². The van der Waals surface area contributed by atoms with E-state index in [1.807, 2.05) is 67.5 Å². The molecule has 0 saturated carbocycles. The maximum Gasteiger partial charge on any atom is 0.241 e. The van der Waals surface area contributed by atoms with Crippen LogP contribution in [0.1, 0.15) is 10.8 Å². The van der Waals surface area contributed by atoms with Gasteiger partial charge in [-0.25, -0.2) is 0 Å². The summed E-state index contributed by atoms with van der Waals surface area (Å²) >= 11 is 1.59. The SMILES string of the molecule is COc1ccc([C@@H]2Sc3ccccc3N(C(=O)CN(C)C)C[C@@H]2O)cc1. The monoisotopic (exact) mass is 372 g/mol. The number of rotatable bonds is 4. The molecule has 2 atom stereocenters. The minimum atomic E-state index is -0.674. The lowest BCUT2D eigenvalue weighted by molar-refractivity contribution is -0.119. The summed E-state index contributed by atoms with van der Waals surface area (Å²) in [5.74, 6) is 0.766. The molecule has 138 valence electrons. The average Bonchev–Trinajstić information content (AvgIpc) is 2.78.